The lowest BCUT2D eigenvalue weighted by molar-refractivity contribution is 0.920. The van der Waals surface area contributed by atoms with E-state index in [0.717, 1.165) is 17.9 Å². The fourth-order valence-corrected chi connectivity index (χ4v) is 2.44. The molecule has 1 aromatic carbocycles. The first-order valence-electron chi connectivity index (χ1n) is 7.36. The van der Waals surface area contributed by atoms with Gasteiger partial charge in [0.05, 0.1) is 11.4 Å². The zero-order valence-corrected chi connectivity index (χ0v) is 12.9. The number of hydrogen-bond acceptors (Lipinski definition) is 3. The van der Waals surface area contributed by atoms with Crippen LogP contribution in [-0.4, -0.2) is 17.0 Å². The van der Waals surface area contributed by atoms with E-state index >= 15 is 0 Å². The summed E-state index contributed by atoms with van der Waals surface area (Å²) in [6, 6.07) is 18.6. The minimum atomic E-state index is 0.839. The number of aryl methyl sites for hydroxylation is 1. The van der Waals surface area contributed by atoms with E-state index in [1.807, 2.05) is 24.5 Å². The number of rotatable bonds is 4. The molecule has 0 atom stereocenters. The quantitative estimate of drug-likeness (QED) is 0.724. The van der Waals surface area contributed by atoms with Gasteiger partial charge < -0.3 is 4.90 Å². The highest BCUT2D eigenvalue weighted by molar-refractivity contribution is 5.56. The fourth-order valence-electron chi connectivity index (χ4n) is 2.44. The number of aromatic nitrogens is 2. The molecule has 0 amide bonds. The fraction of sp³-hybridized carbons (Fsp3) is 0.158. The Kier molecular flexibility index (Phi) is 4.15. The van der Waals surface area contributed by atoms with Crippen LogP contribution in [-0.2, 0) is 6.54 Å². The summed E-state index contributed by atoms with van der Waals surface area (Å²) < 4.78 is 0. The van der Waals surface area contributed by atoms with E-state index in [1.165, 1.54) is 16.8 Å². The average molecular weight is 289 g/mol. The summed E-state index contributed by atoms with van der Waals surface area (Å²) in [5, 5.41) is 0. The van der Waals surface area contributed by atoms with Crippen molar-refractivity contribution in [3.63, 3.8) is 0 Å². The topological polar surface area (TPSA) is 29.0 Å². The molecule has 0 radical (unpaired) electrons. The summed E-state index contributed by atoms with van der Waals surface area (Å²) in [6.45, 7) is 2.91. The van der Waals surface area contributed by atoms with Crippen LogP contribution in [0.5, 0.6) is 0 Å². The predicted octanol–water partition coefficient (Wildman–Crippen LogP) is 4.09. The van der Waals surface area contributed by atoms with Gasteiger partial charge >= 0.3 is 0 Å². The Morgan fingerprint density at radius 3 is 2.27 bits per heavy atom. The molecule has 3 rings (SSSR count). The van der Waals surface area contributed by atoms with Gasteiger partial charge in [-0.15, -0.1) is 0 Å². The van der Waals surface area contributed by atoms with Crippen molar-refractivity contribution in [1.82, 2.24) is 9.97 Å². The Morgan fingerprint density at radius 2 is 1.55 bits per heavy atom. The summed E-state index contributed by atoms with van der Waals surface area (Å²) >= 11 is 0. The molecular weight excluding hydrogens is 270 g/mol. The van der Waals surface area contributed by atoms with E-state index in [-0.39, 0.29) is 0 Å². The van der Waals surface area contributed by atoms with Gasteiger partial charge in [-0.05, 0) is 54.4 Å². The van der Waals surface area contributed by atoms with Crippen LogP contribution < -0.4 is 4.90 Å². The molecule has 22 heavy (non-hydrogen) atoms. The predicted molar refractivity (Wildman–Crippen MR) is 90.8 cm³/mol. The van der Waals surface area contributed by atoms with Crippen LogP contribution in [0, 0.1) is 6.92 Å². The largest absolute Gasteiger partial charge is 0.370 e. The number of pyridine rings is 2. The van der Waals surface area contributed by atoms with Gasteiger partial charge in [-0.3, -0.25) is 9.97 Å². The van der Waals surface area contributed by atoms with Crippen LogP contribution in [0.2, 0.25) is 0 Å². The smallest absolute Gasteiger partial charge is 0.0889 e. The Bertz CT molecular complexity index is 753. The van der Waals surface area contributed by atoms with Crippen molar-refractivity contribution in [2.24, 2.45) is 0 Å². The lowest BCUT2D eigenvalue weighted by Gasteiger charge is -2.19. The Morgan fingerprint density at radius 1 is 0.864 bits per heavy atom. The van der Waals surface area contributed by atoms with E-state index in [4.69, 9.17) is 0 Å². The van der Waals surface area contributed by atoms with Gasteiger partial charge in [0.2, 0.25) is 0 Å². The van der Waals surface area contributed by atoms with E-state index in [1.54, 1.807) is 0 Å². The third kappa shape index (κ3) is 3.31. The van der Waals surface area contributed by atoms with Gasteiger partial charge in [-0.25, -0.2) is 0 Å². The molecule has 2 heterocycles. The van der Waals surface area contributed by atoms with E-state index in [9.17, 15) is 0 Å². The monoisotopic (exact) mass is 289 g/mol. The Hall–Kier alpha value is -2.68. The van der Waals surface area contributed by atoms with Crippen LogP contribution >= 0.6 is 0 Å². The van der Waals surface area contributed by atoms with Gasteiger partial charge in [0.1, 0.15) is 0 Å². The number of anilines is 1. The normalized spacial score (nSPS) is 10.5. The van der Waals surface area contributed by atoms with Crippen LogP contribution in [0.4, 0.5) is 5.69 Å². The molecule has 0 N–H and O–H groups in total. The lowest BCUT2D eigenvalue weighted by atomic mass is 10.1. The highest BCUT2D eigenvalue weighted by Gasteiger charge is 2.05. The Balaban J connectivity index is 1.83. The molecule has 3 aromatic rings. The maximum Gasteiger partial charge on any atom is 0.0889 e. The number of hydrogen-bond donors (Lipinski definition) is 0. The lowest BCUT2D eigenvalue weighted by Crippen LogP contribution is -2.16. The van der Waals surface area contributed by atoms with Crippen LogP contribution in [0.25, 0.3) is 11.4 Å². The second-order valence-electron chi connectivity index (χ2n) is 5.46. The van der Waals surface area contributed by atoms with Crippen molar-refractivity contribution < 1.29 is 0 Å². The molecule has 0 bridgehead atoms. The molecular formula is C19H19N3. The molecule has 0 unspecified atom stereocenters. The second-order valence-corrected chi connectivity index (χ2v) is 5.46. The minimum Gasteiger partial charge on any atom is -0.370 e. The SMILES string of the molecule is Cc1ccnc(-c2cc(CN(C)c3ccccc3)ccn2)c1. The van der Waals surface area contributed by atoms with Crippen molar-refractivity contribution in [2.45, 2.75) is 13.5 Å². The van der Waals surface area contributed by atoms with Gasteiger partial charge in [-0.2, -0.15) is 0 Å². The van der Waals surface area contributed by atoms with Crippen molar-refractivity contribution in [3.8, 4) is 11.4 Å². The van der Waals surface area contributed by atoms with Crippen LogP contribution in [0.15, 0.2) is 67.0 Å². The first-order chi connectivity index (χ1) is 10.7. The van der Waals surface area contributed by atoms with Gasteiger partial charge in [0.25, 0.3) is 0 Å². The maximum absolute atomic E-state index is 4.45. The zero-order valence-electron chi connectivity index (χ0n) is 12.9. The Labute approximate surface area is 131 Å². The molecule has 0 fully saturated rings. The van der Waals surface area contributed by atoms with Crippen molar-refractivity contribution in [1.29, 1.82) is 0 Å². The van der Waals surface area contributed by atoms with Crippen molar-refractivity contribution >= 4 is 5.69 Å². The minimum absolute atomic E-state index is 0.839. The van der Waals surface area contributed by atoms with E-state index in [0.29, 0.717) is 0 Å². The number of para-hydroxylation sites is 1. The molecule has 0 aliphatic carbocycles. The molecule has 0 aliphatic heterocycles. The van der Waals surface area contributed by atoms with Crippen molar-refractivity contribution in [3.05, 3.63) is 78.1 Å². The highest BCUT2D eigenvalue weighted by atomic mass is 15.1. The molecule has 110 valence electrons. The summed E-state index contributed by atoms with van der Waals surface area (Å²) in [7, 11) is 2.10. The number of nitrogens with zero attached hydrogens (tertiary/aromatic N) is 3. The number of benzene rings is 1. The third-order valence-corrected chi connectivity index (χ3v) is 3.62. The average Bonchev–Trinajstić information content (AvgIpc) is 2.56. The highest BCUT2D eigenvalue weighted by Crippen LogP contribution is 2.19. The molecule has 3 heteroatoms. The van der Waals surface area contributed by atoms with Crippen LogP contribution in [0.1, 0.15) is 11.1 Å². The van der Waals surface area contributed by atoms with Crippen molar-refractivity contribution in [2.75, 3.05) is 11.9 Å². The van der Waals surface area contributed by atoms with E-state index < -0.39 is 0 Å². The first kappa shape index (κ1) is 14.3. The summed E-state index contributed by atoms with van der Waals surface area (Å²) in [5.74, 6) is 0. The summed E-state index contributed by atoms with van der Waals surface area (Å²) in [5.41, 5.74) is 5.46. The van der Waals surface area contributed by atoms with E-state index in [2.05, 4.69) is 71.3 Å². The molecule has 0 spiro atoms. The summed E-state index contributed by atoms with van der Waals surface area (Å²) in [4.78, 5) is 11.1. The molecule has 0 saturated carbocycles. The standard InChI is InChI=1S/C19H19N3/c1-15-8-10-20-18(12-15)19-13-16(9-11-21-19)14-22(2)17-6-4-3-5-7-17/h3-13H,14H2,1-2H3. The molecule has 0 saturated heterocycles. The molecule has 0 aliphatic rings. The van der Waals surface area contributed by atoms with Gasteiger partial charge in [-0.1, -0.05) is 18.2 Å². The third-order valence-electron chi connectivity index (χ3n) is 3.62. The molecule has 2 aromatic heterocycles. The summed E-state index contributed by atoms with van der Waals surface area (Å²) in [6.07, 6.45) is 3.68. The van der Waals surface area contributed by atoms with Gasteiger partial charge in [0.15, 0.2) is 0 Å². The maximum atomic E-state index is 4.45. The molecule has 3 nitrogen and oxygen atoms in total. The second kappa shape index (κ2) is 6.39. The zero-order chi connectivity index (χ0) is 15.4. The first-order valence-corrected chi connectivity index (χ1v) is 7.36. The van der Waals surface area contributed by atoms with Gasteiger partial charge in [0, 0.05) is 31.7 Å². The van der Waals surface area contributed by atoms with Crippen LogP contribution in [0.3, 0.4) is 0 Å².